The molecule has 1 aliphatic rings. The van der Waals surface area contributed by atoms with E-state index in [1.54, 1.807) is 0 Å². The molecule has 2 N–H and O–H groups in total. The van der Waals surface area contributed by atoms with Crippen LogP contribution in [0.1, 0.15) is 12.8 Å². The van der Waals surface area contributed by atoms with Crippen LogP contribution in [0.4, 0.5) is 0 Å². The van der Waals surface area contributed by atoms with Crippen LogP contribution in [0, 0.1) is 0 Å². The second-order valence-electron chi connectivity index (χ2n) is 6.15. The molecule has 3 heteroatoms. The fraction of sp³-hybridized carbons (Fsp3) is 0.368. The SMILES string of the molecule is CS(C[C@@H](O)[C@@H]1CCCN1)(c1ccccc1)c1ccccc1. The molecule has 118 valence electrons. The molecule has 0 aromatic heterocycles. The van der Waals surface area contributed by atoms with Gasteiger partial charge in [0, 0.05) is 11.8 Å². The summed E-state index contributed by atoms with van der Waals surface area (Å²) >= 11 is 0. The molecule has 0 unspecified atom stereocenters. The van der Waals surface area contributed by atoms with Crippen molar-refractivity contribution >= 4 is 10.0 Å². The minimum atomic E-state index is -1.22. The Bertz CT molecular complexity index is 541. The van der Waals surface area contributed by atoms with Gasteiger partial charge >= 0.3 is 0 Å². The van der Waals surface area contributed by atoms with Crippen molar-refractivity contribution in [1.82, 2.24) is 5.32 Å². The number of aliphatic hydroxyl groups is 1. The molecule has 0 saturated carbocycles. The Balaban J connectivity index is 1.93. The maximum absolute atomic E-state index is 10.8. The Morgan fingerprint density at radius 2 is 1.59 bits per heavy atom. The Kier molecular flexibility index (Phi) is 4.87. The first-order valence-corrected chi connectivity index (χ1v) is 10.2. The van der Waals surface area contributed by atoms with E-state index < -0.39 is 10.0 Å². The molecular formula is C19H25NOS. The Labute approximate surface area is 134 Å². The highest BCUT2D eigenvalue weighted by molar-refractivity contribution is 8.33. The highest BCUT2D eigenvalue weighted by Gasteiger charge is 2.31. The summed E-state index contributed by atoms with van der Waals surface area (Å²) in [5.41, 5.74) is 0. The minimum absolute atomic E-state index is 0.249. The molecule has 2 nitrogen and oxygen atoms in total. The summed E-state index contributed by atoms with van der Waals surface area (Å²) in [6.07, 6.45) is 4.29. The van der Waals surface area contributed by atoms with Crippen LogP contribution in [0.3, 0.4) is 0 Å². The lowest BCUT2D eigenvalue weighted by atomic mass is 10.1. The highest BCUT2D eigenvalue weighted by atomic mass is 32.3. The second kappa shape index (κ2) is 6.86. The van der Waals surface area contributed by atoms with E-state index in [1.807, 2.05) is 0 Å². The van der Waals surface area contributed by atoms with Gasteiger partial charge in [0.2, 0.25) is 0 Å². The maximum Gasteiger partial charge on any atom is 0.0774 e. The van der Waals surface area contributed by atoms with E-state index in [0.29, 0.717) is 0 Å². The molecule has 0 amide bonds. The van der Waals surface area contributed by atoms with Crippen molar-refractivity contribution in [2.45, 2.75) is 34.8 Å². The average Bonchev–Trinajstić information content (AvgIpc) is 3.11. The van der Waals surface area contributed by atoms with Gasteiger partial charge in [-0.1, -0.05) is 36.4 Å². The molecule has 22 heavy (non-hydrogen) atoms. The van der Waals surface area contributed by atoms with Crippen molar-refractivity contribution < 1.29 is 5.11 Å². The lowest BCUT2D eigenvalue weighted by Gasteiger charge is -2.40. The first-order valence-electron chi connectivity index (χ1n) is 7.98. The lowest BCUT2D eigenvalue weighted by Crippen LogP contribution is -2.38. The topological polar surface area (TPSA) is 32.3 Å². The van der Waals surface area contributed by atoms with Gasteiger partial charge in [-0.3, -0.25) is 0 Å². The quantitative estimate of drug-likeness (QED) is 0.883. The molecule has 2 aromatic rings. The van der Waals surface area contributed by atoms with Crippen LogP contribution in [0.25, 0.3) is 0 Å². The van der Waals surface area contributed by atoms with E-state index in [0.717, 1.165) is 18.7 Å². The van der Waals surface area contributed by atoms with Crippen molar-refractivity contribution in [2.24, 2.45) is 0 Å². The van der Waals surface area contributed by atoms with Crippen LogP contribution in [-0.4, -0.2) is 35.8 Å². The van der Waals surface area contributed by atoms with Crippen LogP contribution >= 0.6 is 10.0 Å². The number of aliphatic hydroxyl groups excluding tert-OH is 1. The summed E-state index contributed by atoms with van der Waals surface area (Å²) < 4.78 is 0. The van der Waals surface area contributed by atoms with Crippen LogP contribution in [0.2, 0.25) is 0 Å². The van der Waals surface area contributed by atoms with Gasteiger partial charge in [-0.2, -0.15) is 10.0 Å². The van der Waals surface area contributed by atoms with Crippen LogP contribution in [0.5, 0.6) is 0 Å². The van der Waals surface area contributed by atoms with Gasteiger partial charge in [0.25, 0.3) is 0 Å². The predicted molar refractivity (Wildman–Crippen MR) is 94.8 cm³/mol. The third kappa shape index (κ3) is 3.22. The van der Waals surface area contributed by atoms with Crippen LogP contribution in [-0.2, 0) is 0 Å². The van der Waals surface area contributed by atoms with Crippen LogP contribution < -0.4 is 5.32 Å². The summed E-state index contributed by atoms with van der Waals surface area (Å²) in [6.45, 7) is 1.03. The second-order valence-corrected chi connectivity index (χ2v) is 9.60. The van der Waals surface area contributed by atoms with Gasteiger partial charge < -0.3 is 10.4 Å². The van der Waals surface area contributed by atoms with Gasteiger partial charge in [-0.25, -0.2) is 0 Å². The molecule has 1 heterocycles. The third-order valence-electron chi connectivity index (χ3n) is 4.59. The molecule has 1 saturated heterocycles. The molecule has 0 spiro atoms. The third-order valence-corrected chi connectivity index (χ3v) is 8.23. The standard InChI is InChI=1S/C19H25NOS/c1-22(16-9-4-2-5-10-16,17-11-6-3-7-12-17)15-19(21)18-13-8-14-20-18/h2-7,9-12,18-21H,8,13-15H2,1H3/t18-,19+/m0/s1. The molecule has 2 atom stereocenters. The van der Waals surface area contributed by atoms with E-state index in [2.05, 4.69) is 72.2 Å². The Morgan fingerprint density at radius 1 is 1.05 bits per heavy atom. The number of nitrogens with one attached hydrogen (secondary N) is 1. The summed E-state index contributed by atoms with van der Waals surface area (Å²) in [5.74, 6) is 0.818. The first kappa shape index (κ1) is 15.6. The summed E-state index contributed by atoms with van der Waals surface area (Å²) in [4.78, 5) is 2.69. The normalized spacial score (nSPS) is 20.7. The number of benzene rings is 2. The fourth-order valence-electron chi connectivity index (χ4n) is 3.27. The van der Waals surface area contributed by atoms with Crippen molar-refractivity contribution in [2.75, 3.05) is 18.6 Å². The smallest absolute Gasteiger partial charge is 0.0774 e. The number of hydrogen-bond donors (Lipinski definition) is 2. The number of hydrogen-bond acceptors (Lipinski definition) is 2. The van der Waals surface area contributed by atoms with E-state index >= 15 is 0 Å². The van der Waals surface area contributed by atoms with Gasteiger partial charge in [-0.15, -0.1) is 0 Å². The van der Waals surface area contributed by atoms with Gasteiger partial charge in [0.1, 0.15) is 0 Å². The molecule has 1 fully saturated rings. The highest BCUT2D eigenvalue weighted by Crippen LogP contribution is 2.59. The zero-order valence-electron chi connectivity index (χ0n) is 13.1. The van der Waals surface area contributed by atoms with Gasteiger partial charge in [-0.05, 0) is 59.7 Å². The summed E-state index contributed by atoms with van der Waals surface area (Å²) in [7, 11) is -1.22. The Morgan fingerprint density at radius 3 is 2.05 bits per heavy atom. The molecule has 3 rings (SSSR count). The Hall–Kier alpha value is -1.29. The average molecular weight is 315 g/mol. The van der Waals surface area contributed by atoms with Gasteiger partial charge in [0.05, 0.1) is 6.10 Å². The number of rotatable bonds is 5. The van der Waals surface area contributed by atoms with E-state index in [-0.39, 0.29) is 12.1 Å². The predicted octanol–water partition coefficient (Wildman–Crippen LogP) is 3.65. The lowest BCUT2D eigenvalue weighted by molar-refractivity contribution is 0.158. The monoisotopic (exact) mass is 315 g/mol. The molecular weight excluding hydrogens is 290 g/mol. The first-order chi connectivity index (χ1) is 10.7. The molecule has 0 bridgehead atoms. The van der Waals surface area contributed by atoms with Crippen molar-refractivity contribution in [3.8, 4) is 0 Å². The largest absolute Gasteiger partial charge is 0.391 e. The fourth-order valence-corrected chi connectivity index (χ4v) is 6.36. The molecule has 1 aliphatic heterocycles. The molecule has 0 aliphatic carbocycles. The van der Waals surface area contributed by atoms with Gasteiger partial charge in [0.15, 0.2) is 0 Å². The van der Waals surface area contributed by atoms with Crippen LogP contribution in [0.15, 0.2) is 70.5 Å². The van der Waals surface area contributed by atoms with Crippen molar-refractivity contribution in [3.05, 3.63) is 60.7 Å². The summed E-state index contributed by atoms with van der Waals surface area (Å²) in [6, 6.07) is 21.6. The van der Waals surface area contributed by atoms with Crippen molar-refractivity contribution in [3.63, 3.8) is 0 Å². The molecule has 2 aromatic carbocycles. The minimum Gasteiger partial charge on any atom is -0.391 e. The van der Waals surface area contributed by atoms with Crippen molar-refractivity contribution in [1.29, 1.82) is 0 Å². The maximum atomic E-state index is 10.8. The molecule has 0 radical (unpaired) electrons. The van der Waals surface area contributed by atoms with E-state index in [9.17, 15) is 5.11 Å². The zero-order valence-corrected chi connectivity index (χ0v) is 13.9. The van der Waals surface area contributed by atoms with E-state index in [1.165, 1.54) is 16.2 Å². The van der Waals surface area contributed by atoms with E-state index in [4.69, 9.17) is 0 Å². The summed E-state index contributed by atoms with van der Waals surface area (Å²) in [5, 5.41) is 14.2. The zero-order chi connectivity index (χ0) is 15.4.